The maximum atomic E-state index is 13.7. The van der Waals surface area contributed by atoms with Gasteiger partial charge in [-0.1, -0.05) is 88.7 Å². The standard InChI is InChI=1S/C33H48Cl2N2O4Si2.CH2Cl2.CH3PS/c1-21-23(14-16-27(36-9)30(21)35)18-25(22(2)40-42(10,11)32(3,4)5)31(39)37-20-28(38)24-15-17-29(26(34)19-24)41-43(12,13)33(6,7)8;2-1-3;1-2-3/h14-17,19,22,25H,18,20H2,1-8,10-13H3,(H,37,39);1H2;1H3/t22-,25-;;/m1../s1. The van der Waals surface area contributed by atoms with Gasteiger partial charge < -0.3 is 14.2 Å². The number of Topliss-reactive ketones (excluding diaryl/α,β-unsaturated/α-hetero) is 1. The monoisotopic (exact) mass is 824 g/mol. The average Bonchev–Trinajstić information content (AvgIpc) is 2.96. The van der Waals surface area contributed by atoms with Gasteiger partial charge in [0.2, 0.25) is 11.6 Å². The van der Waals surface area contributed by atoms with Crippen LogP contribution in [0.15, 0.2) is 30.3 Å². The lowest BCUT2D eigenvalue weighted by Gasteiger charge is -2.40. The summed E-state index contributed by atoms with van der Waals surface area (Å²) in [6.07, 6.45) is -0.0683. The van der Waals surface area contributed by atoms with E-state index in [1.54, 1.807) is 24.3 Å². The molecule has 2 rings (SSSR count). The van der Waals surface area contributed by atoms with Crippen molar-refractivity contribution in [3.63, 3.8) is 0 Å². The molecule has 0 aliphatic heterocycles. The van der Waals surface area contributed by atoms with Crippen LogP contribution in [-0.2, 0) is 27.4 Å². The normalized spacial score (nSPS) is 13.1. The van der Waals surface area contributed by atoms with E-state index in [0.717, 1.165) is 18.5 Å². The highest BCUT2D eigenvalue weighted by Crippen LogP contribution is 2.40. The second-order valence-electron chi connectivity index (χ2n) is 14.6. The first-order valence-corrected chi connectivity index (χ1v) is 25.8. The van der Waals surface area contributed by atoms with Gasteiger partial charge in [0.05, 0.1) is 40.5 Å². The van der Waals surface area contributed by atoms with Crippen molar-refractivity contribution >= 4 is 99.6 Å². The molecule has 1 N–H and O–H groups in total. The number of ketones is 1. The Hall–Kier alpha value is -1.06. The molecule has 1 amide bonds. The SMILES string of the molecule is CP=S.ClCCl.[C-]#[N+]c1ccc(C[C@@H](C(=O)NCC(=O)c2ccc(O[Si](C)(C)C(C)(C)C)c(Cl)c2)[C@@H](C)O[Si](C)(C)C(C)(C)C)c(C)c1Cl. The molecule has 0 saturated carbocycles. The largest absolute Gasteiger partial charge is 0.543 e. The van der Waals surface area contributed by atoms with E-state index in [4.69, 9.17) is 61.8 Å². The van der Waals surface area contributed by atoms with Gasteiger partial charge in [-0.3, -0.25) is 9.59 Å². The summed E-state index contributed by atoms with van der Waals surface area (Å²) in [4.78, 5) is 30.3. The van der Waals surface area contributed by atoms with Crippen molar-refractivity contribution in [3.05, 3.63) is 68.5 Å². The Balaban J connectivity index is 0.00000356. The van der Waals surface area contributed by atoms with Crippen LogP contribution < -0.4 is 9.74 Å². The molecule has 0 radical (unpaired) electrons. The summed E-state index contributed by atoms with van der Waals surface area (Å²) in [6, 6.07) is 8.54. The molecule has 0 aromatic heterocycles. The first kappa shape index (κ1) is 47.9. The van der Waals surface area contributed by atoms with Gasteiger partial charge in [-0.15, -0.1) is 23.2 Å². The number of carbonyl (C=O) groups excluding carboxylic acids is 2. The molecule has 0 bridgehead atoms. The second-order valence-corrected chi connectivity index (χ2v) is 27.2. The van der Waals surface area contributed by atoms with Gasteiger partial charge in [0.25, 0.3) is 8.32 Å². The fourth-order valence-corrected chi connectivity index (χ4v) is 7.03. The number of hydrogen-bond donors (Lipinski definition) is 1. The fourth-order valence-electron chi connectivity index (χ4n) is 4.04. The third kappa shape index (κ3) is 14.8. The van der Waals surface area contributed by atoms with Crippen LogP contribution in [0.4, 0.5) is 5.69 Å². The Morgan fingerprint density at radius 1 is 1.00 bits per heavy atom. The Labute approximate surface area is 324 Å². The van der Waals surface area contributed by atoms with Crippen LogP contribution in [-0.4, -0.2) is 53.0 Å². The van der Waals surface area contributed by atoms with E-state index in [1.807, 2.05) is 26.6 Å². The summed E-state index contributed by atoms with van der Waals surface area (Å²) < 4.78 is 13.0. The minimum atomic E-state index is -2.21. The number of carbonyl (C=O) groups is 2. The van der Waals surface area contributed by atoms with E-state index in [-0.39, 0.29) is 33.7 Å². The molecular weight excluding hydrogens is 773 g/mol. The molecule has 0 saturated heterocycles. The second kappa shape index (κ2) is 20.8. The molecule has 0 spiro atoms. The molecule has 0 heterocycles. The number of alkyl halides is 2. The third-order valence-corrected chi connectivity index (χ3v) is 18.8. The molecule has 2 aromatic carbocycles. The molecule has 6 nitrogen and oxygen atoms in total. The highest BCUT2D eigenvalue weighted by Gasteiger charge is 2.41. The number of benzene rings is 2. The predicted octanol–water partition coefficient (Wildman–Crippen LogP) is 12.3. The zero-order valence-corrected chi connectivity index (χ0v) is 37.8. The number of nitrogens with zero attached hydrogens (tertiary/aromatic N) is 1. The highest BCUT2D eigenvalue weighted by atomic mass is 35.5. The molecule has 2 atom stereocenters. The van der Waals surface area contributed by atoms with Crippen molar-refractivity contribution < 1.29 is 18.4 Å². The Bertz CT molecular complexity index is 1480. The highest BCUT2D eigenvalue weighted by molar-refractivity contribution is 7.96. The number of halogens is 4. The van der Waals surface area contributed by atoms with E-state index in [1.165, 1.54) is 0 Å². The zero-order chi connectivity index (χ0) is 38.5. The molecule has 0 aliphatic carbocycles. The van der Waals surface area contributed by atoms with Crippen molar-refractivity contribution in [3.8, 4) is 5.75 Å². The van der Waals surface area contributed by atoms with Crippen LogP contribution in [0.3, 0.4) is 0 Å². The van der Waals surface area contributed by atoms with Gasteiger partial charge in [0.15, 0.2) is 14.1 Å². The molecular formula is C35H53Cl4N2O4PSSi2. The van der Waals surface area contributed by atoms with Crippen molar-refractivity contribution in [2.45, 2.75) is 104 Å². The predicted molar refractivity (Wildman–Crippen MR) is 221 cm³/mol. The summed E-state index contributed by atoms with van der Waals surface area (Å²) in [5.74, 6) is -0.567. The lowest BCUT2D eigenvalue weighted by atomic mass is 9.91. The van der Waals surface area contributed by atoms with Gasteiger partial charge in [-0.05, 0) is 99.9 Å². The minimum Gasteiger partial charge on any atom is -0.543 e. The molecule has 2 aromatic rings. The van der Waals surface area contributed by atoms with Crippen LogP contribution in [0.2, 0.25) is 46.3 Å². The summed E-state index contributed by atoms with van der Waals surface area (Å²) >= 11 is 26.9. The van der Waals surface area contributed by atoms with Crippen LogP contribution in [0.1, 0.15) is 70.0 Å². The van der Waals surface area contributed by atoms with Gasteiger partial charge in [0.1, 0.15) is 5.75 Å². The van der Waals surface area contributed by atoms with E-state index in [0.29, 0.717) is 33.5 Å². The molecule has 0 unspecified atom stereocenters. The first-order valence-electron chi connectivity index (χ1n) is 15.8. The average molecular weight is 827 g/mol. The number of hydrogen-bond acceptors (Lipinski definition) is 5. The smallest absolute Gasteiger partial charge is 0.250 e. The lowest BCUT2D eigenvalue weighted by molar-refractivity contribution is -0.127. The Morgan fingerprint density at radius 3 is 1.96 bits per heavy atom. The van der Waals surface area contributed by atoms with E-state index >= 15 is 0 Å². The minimum absolute atomic E-state index is 0.0000518. The maximum absolute atomic E-state index is 13.7. The van der Waals surface area contributed by atoms with Crippen molar-refractivity contribution in [1.29, 1.82) is 0 Å². The van der Waals surface area contributed by atoms with Crippen LogP contribution >= 0.6 is 53.8 Å². The van der Waals surface area contributed by atoms with E-state index < -0.39 is 28.7 Å². The summed E-state index contributed by atoms with van der Waals surface area (Å²) in [6.45, 7) is 34.3. The van der Waals surface area contributed by atoms with Crippen molar-refractivity contribution in [2.24, 2.45) is 5.92 Å². The van der Waals surface area contributed by atoms with Crippen LogP contribution in [0.25, 0.3) is 4.85 Å². The summed E-state index contributed by atoms with van der Waals surface area (Å²) in [7, 11) is -3.32. The number of amides is 1. The van der Waals surface area contributed by atoms with Gasteiger partial charge >= 0.3 is 0 Å². The fraction of sp³-hybridized carbons (Fsp3) is 0.571. The van der Waals surface area contributed by atoms with Gasteiger partial charge in [-0.2, -0.15) is 0 Å². The van der Waals surface area contributed by atoms with E-state index in [9.17, 15) is 9.59 Å². The molecule has 274 valence electrons. The molecule has 49 heavy (non-hydrogen) atoms. The number of nitrogens with one attached hydrogen (secondary N) is 1. The quantitative estimate of drug-likeness (QED) is 0.0803. The van der Waals surface area contributed by atoms with Gasteiger partial charge in [0, 0.05) is 5.56 Å². The topological polar surface area (TPSA) is 69.0 Å². The molecule has 0 aliphatic rings. The maximum Gasteiger partial charge on any atom is 0.250 e. The summed E-state index contributed by atoms with van der Waals surface area (Å²) in [5, 5.41) is 3.75. The Kier molecular flexibility index (Phi) is 20.4. The van der Waals surface area contributed by atoms with Crippen LogP contribution in [0, 0.1) is 19.4 Å². The summed E-state index contributed by atoms with van der Waals surface area (Å²) in [5.41, 5.74) is 2.39. The number of rotatable bonds is 11. The molecule has 0 fully saturated rings. The first-order chi connectivity index (χ1) is 22.3. The van der Waals surface area contributed by atoms with Gasteiger partial charge in [-0.25, -0.2) is 4.85 Å². The Morgan fingerprint density at radius 2 is 1.51 bits per heavy atom. The van der Waals surface area contributed by atoms with Crippen molar-refractivity contribution in [2.75, 3.05) is 18.5 Å². The molecule has 14 heteroatoms. The lowest BCUT2D eigenvalue weighted by Crippen LogP contribution is -2.48. The van der Waals surface area contributed by atoms with E-state index in [2.05, 4.69) is 89.7 Å². The third-order valence-electron chi connectivity index (χ3n) is 9.08. The van der Waals surface area contributed by atoms with Crippen LogP contribution in [0.5, 0.6) is 5.75 Å². The zero-order valence-electron chi connectivity index (χ0n) is 31.1. The van der Waals surface area contributed by atoms with Crippen molar-refractivity contribution in [1.82, 2.24) is 5.32 Å².